The molecule has 0 N–H and O–H groups in total. The lowest BCUT2D eigenvalue weighted by molar-refractivity contribution is -0.153. The highest BCUT2D eigenvalue weighted by Crippen LogP contribution is 2.11. The summed E-state index contributed by atoms with van der Waals surface area (Å²) in [5.74, 6) is 0.125. The molecule has 160 valence electrons. The quantitative estimate of drug-likeness (QED) is 0.139. The van der Waals surface area contributed by atoms with Gasteiger partial charge in [-0.2, -0.15) is 0 Å². The lowest BCUT2D eigenvalue weighted by atomic mass is 10.1. The third kappa shape index (κ3) is 19.8. The van der Waals surface area contributed by atoms with Crippen molar-refractivity contribution in [3.8, 4) is 0 Å². The fourth-order valence-electron chi connectivity index (χ4n) is 2.92. The number of esters is 2. The molecule has 0 aromatic heterocycles. The van der Waals surface area contributed by atoms with Crippen LogP contribution in [0.1, 0.15) is 110 Å². The summed E-state index contributed by atoms with van der Waals surface area (Å²) < 4.78 is 10.5. The van der Waals surface area contributed by atoms with E-state index in [1.54, 1.807) is 0 Å². The smallest absolute Gasteiger partial charge is 0.306 e. The molecule has 4 nitrogen and oxygen atoms in total. The van der Waals surface area contributed by atoms with E-state index in [-0.39, 0.29) is 30.9 Å². The normalized spacial score (nSPS) is 12.0. The first-order chi connectivity index (χ1) is 13.1. The van der Waals surface area contributed by atoms with Crippen LogP contribution in [0.4, 0.5) is 0 Å². The third-order valence-electron chi connectivity index (χ3n) is 4.62. The Kier molecular flexibility index (Phi) is 19.4. The molecule has 0 saturated heterocycles. The molecule has 1 unspecified atom stereocenters. The first kappa shape index (κ1) is 26.2. The second-order valence-corrected chi connectivity index (χ2v) is 7.77. The first-order valence-electron chi connectivity index (χ1n) is 11.0. The summed E-state index contributed by atoms with van der Waals surface area (Å²) in [6, 6.07) is 0. The molecule has 0 heterocycles. The van der Waals surface area contributed by atoms with Crippen LogP contribution in [0.2, 0.25) is 0 Å². The fraction of sp³-hybridized carbons (Fsp3) is 0.909. The Bertz CT molecular complexity index is 360. The number of rotatable bonds is 19. The summed E-state index contributed by atoms with van der Waals surface area (Å²) in [4.78, 5) is 23.5. The van der Waals surface area contributed by atoms with Gasteiger partial charge in [0.15, 0.2) is 0 Å². The van der Waals surface area contributed by atoms with Crippen LogP contribution < -0.4 is 0 Å². The third-order valence-corrected chi connectivity index (χ3v) is 4.89. The van der Waals surface area contributed by atoms with Crippen molar-refractivity contribution >= 4 is 23.5 Å². The highest BCUT2D eigenvalue weighted by atomic mass is 35.5. The van der Waals surface area contributed by atoms with Crippen LogP contribution >= 0.6 is 11.6 Å². The molecule has 1 atom stereocenters. The molecule has 0 saturated carbocycles. The predicted octanol–water partition coefficient (Wildman–Crippen LogP) is 6.57. The zero-order valence-corrected chi connectivity index (χ0v) is 18.4. The molecular weight excluding hydrogens is 364 g/mol. The number of ether oxygens (including phenoxy) is 2. The molecule has 27 heavy (non-hydrogen) atoms. The van der Waals surface area contributed by atoms with Crippen LogP contribution in [-0.2, 0) is 19.1 Å². The van der Waals surface area contributed by atoms with Crippen molar-refractivity contribution < 1.29 is 19.1 Å². The molecule has 0 aliphatic carbocycles. The monoisotopic (exact) mass is 404 g/mol. The Balaban J connectivity index is 3.50. The zero-order chi connectivity index (χ0) is 20.2. The fourth-order valence-corrected chi connectivity index (χ4v) is 3.11. The van der Waals surface area contributed by atoms with Crippen LogP contribution in [0.25, 0.3) is 0 Å². The van der Waals surface area contributed by atoms with Gasteiger partial charge in [-0.25, -0.2) is 0 Å². The molecule has 5 heteroatoms. The molecule has 0 aliphatic heterocycles. The summed E-state index contributed by atoms with van der Waals surface area (Å²) in [5.41, 5.74) is 0. The summed E-state index contributed by atoms with van der Waals surface area (Å²) in [6.07, 6.45) is 15.0. The molecule has 0 bridgehead atoms. The second kappa shape index (κ2) is 20.0. The molecule has 0 spiro atoms. The van der Waals surface area contributed by atoms with Gasteiger partial charge in [0.2, 0.25) is 0 Å². The van der Waals surface area contributed by atoms with Gasteiger partial charge in [-0.3, -0.25) is 9.59 Å². The molecular formula is C22H41ClO4. The minimum atomic E-state index is -0.308. The van der Waals surface area contributed by atoms with Gasteiger partial charge in [-0.05, 0) is 32.6 Å². The first-order valence-corrected chi connectivity index (χ1v) is 11.5. The van der Waals surface area contributed by atoms with E-state index < -0.39 is 0 Å². The lowest BCUT2D eigenvalue weighted by Crippen LogP contribution is -2.16. The molecule has 0 radical (unpaired) electrons. The van der Waals surface area contributed by atoms with Crippen LogP contribution in [0.3, 0.4) is 0 Å². The maximum absolute atomic E-state index is 11.8. The number of unbranched alkanes of at least 4 members (excludes halogenated alkanes) is 10. The summed E-state index contributed by atoms with van der Waals surface area (Å²) >= 11 is 5.63. The molecule has 0 fully saturated rings. The average Bonchev–Trinajstić information content (AvgIpc) is 2.65. The Morgan fingerprint density at radius 3 is 2.00 bits per heavy atom. The molecule has 0 aromatic rings. The molecule has 0 aromatic carbocycles. The van der Waals surface area contributed by atoms with Crippen molar-refractivity contribution in [3.05, 3.63) is 0 Å². The van der Waals surface area contributed by atoms with E-state index in [1.807, 2.05) is 6.92 Å². The van der Waals surface area contributed by atoms with Gasteiger partial charge < -0.3 is 9.47 Å². The topological polar surface area (TPSA) is 52.6 Å². The largest absolute Gasteiger partial charge is 0.466 e. The van der Waals surface area contributed by atoms with Crippen LogP contribution in [0.15, 0.2) is 0 Å². The number of hydrogen-bond acceptors (Lipinski definition) is 4. The van der Waals surface area contributed by atoms with E-state index in [2.05, 4.69) is 6.92 Å². The maximum atomic E-state index is 11.8. The Morgan fingerprint density at radius 1 is 0.778 bits per heavy atom. The summed E-state index contributed by atoms with van der Waals surface area (Å²) in [6.45, 7) is 4.58. The Morgan fingerprint density at radius 2 is 1.33 bits per heavy atom. The van der Waals surface area contributed by atoms with Crippen molar-refractivity contribution in [2.45, 2.75) is 116 Å². The van der Waals surface area contributed by atoms with Crippen molar-refractivity contribution in [1.82, 2.24) is 0 Å². The van der Waals surface area contributed by atoms with Crippen molar-refractivity contribution in [1.29, 1.82) is 0 Å². The van der Waals surface area contributed by atoms with Crippen LogP contribution in [0, 0.1) is 0 Å². The van der Waals surface area contributed by atoms with Crippen LogP contribution in [0.5, 0.6) is 0 Å². The van der Waals surface area contributed by atoms with Crippen LogP contribution in [-0.4, -0.2) is 30.5 Å². The summed E-state index contributed by atoms with van der Waals surface area (Å²) in [7, 11) is 0. The molecule has 0 rings (SSSR count). The van der Waals surface area contributed by atoms with Gasteiger partial charge in [0.05, 0.1) is 25.6 Å². The van der Waals surface area contributed by atoms with E-state index in [0.29, 0.717) is 6.61 Å². The van der Waals surface area contributed by atoms with E-state index in [1.165, 1.54) is 44.9 Å². The van der Waals surface area contributed by atoms with Gasteiger partial charge in [0.1, 0.15) is 0 Å². The number of carbonyl (C=O) groups is 2. The Hall–Kier alpha value is -0.770. The van der Waals surface area contributed by atoms with Crippen molar-refractivity contribution in [2.75, 3.05) is 12.5 Å². The summed E-state index contributed by atoms with van der Waals surface area (Å²) in [5, 5.41) is 0. The second-order valence-electron chi connectivity index (χ2n) is 7.39. The molecule has 0 aliphatic rings. The van der Waals surface area contributed by atoms with Gasteiger partial charge in [0.25, 0.3) is 0 Å². The Labute approximate surface area is 171 Å². The highest BCUT2D eigenvalue weighted by molar-refractivity contribution is 6.17. The van der Waals surface area contributed by atoms with E-state index in [0.717, 1.165) is 44.4 Å². The minimum absolute atomic E-state index is 0.0708. The van der Waals surface area contributed by atoms with Gasteiger partial charge in [0, 0.05) is 5.88 Å². The van der Waals surface area contributed by atoms with E-state index >= 15 is 0 Å². The molecule has 0 amide bonds. The maximum Gasteiger partial charge on any atom is 0.306 e. The van der Waals surface area contributed by atoms with Gasteiger partial charge >= 0.3 is 11.9 Å². The van der Waals surface area contributed by atoms with E-state index in [4.69, 9.17) is 21.1 Å². The lowest BCUT2D eigenvalue weighted by Gasteiger charge is -2.13. The number of alkyl halides is 1. The van der Waals surface area contributed by atoms with Crippen molar-refractivity contribution in [2.24, 2.45) is 0 Å². The number of carbonyl (C=O) groups excluding carboxylic acids is 2. The average molecular weight is 405 g/mol. The standard InChI is InChI=1S/C22H41ClO4/c1-3-4-5-6-9-12-15-20(2)27-22(25)17-16-21(24)26-19-14-11-8-7-10-13-18-23/h20H,3-19H2,1-2H3. The van der Waals surface area contributed by atoms with Gasteiger partial charge in [-0.1, -0.05) is 64.7 Å². The van der Waals surface area contributed by atoms with E-state index in [9.17, 15) is 9.59 Å². The van der Waals surface area contributed by atoms with Gasteiger partial charge in [-0.15, -0.1) is 11.6 Å². The zero-order valence-electron chi connectivity index (χ0n) is 17.6. The predicted molar refractivity (Wildman–Crippen MR) is 112 cm³/mol. The number of hydrogen-bond donors (Lipinski definition) is 0. The number of halogens is 1. The van der Waals surface area contributed by atoms with Crippen molar-refractivity contribution in [3.63, 3.8) is 0 Å². The minimum Gasteiger partial charge on any atom is -0.466 e. The SMILES string of the molecule is CCCCCCCCC(C)OC(=O)CCC(=O)OCCCCCCCCCl. The highest BCUT2D eigenvalue weighted by Gasteiger charge is 2.12.